The Hall–Kier alpha value is 2.90. The summed E-state index contributed by atoms with van der Waals surface area (Å²) in [5, 5.41) is 0.309. The van der Waals surface area contributed by atoms with E-state index in [1.54, 1.807) is 0 Å². The molecule has 0 aromatic rings. The minimum atomic E-state index is -0.273. The Labute approximate surface area is 534 Å². The number of likely N-dealkylation sites (tertiary alicyclic amines) is 2. The van der Waals surface area contributed by atoms with E-state index in [0.29, 0.717) is 64.4 Å². The van der Waals surface area contributed by atoms with Crippen LogP contribution in [0.2, 0.25) is 0 Å². The van der Waals surface area contributed by atoms with E-state index < -0.39 is 0 Å². The van der Waals surface area contributed by atoms with Crippen molar-refractivity contribution in [2.45, 2.75) is 43.1 Å². The Morgan fingerprint density at radius 2 is 0.782 bits per heavy atom. The SMILES string of the molecule is O=C1C2C3CC(SCCSCCOCCOCCS)C(O3)C2C(=O)N1CCCSCCSCCOCCOCCS.O=C1CC(CSCCSCCSCCOCCS)C(=O)N1CCCSCCSCCSCCOCCS. The summed E-state index contributed by atoms with van der Waals surface area (Å²) in [7, 11) is 0. The fourth-order valence-electron chi connectivity index (χ4n) is 8.38. The summed E-state index contributed by atoms with van der Waals surface area (Å²) >= 11 is 35.6. The van der Waals surface area contributed by atoms with Gasteiger partial charge in [0.15, 0.2) is 0 Å². The maximum absolute atomic E-state index is 13.2. The molecule has 0 aromatic carbocycles. The van der Waals surface area contributed by atoms with E-state index in [-0.39, 0.29) is 53.6 Å². The lowest BCUT2D eigenvalue weighted by Gasteiger charge is -2.24. The molecule has 456 valence electrons. The zero-order valence-corrected chi connectivity index (χ0v) is 57.5. The van der Waals surface area contributed by atoms with Crippen molar-refractivity contribution >= 4 is 192 Å². The number of thiol groups is 4. The topological polar surface area (TPSA) is 139 Å². The number of thioether (sulfide) groups is 10. The van der Waals surface area contributed by atoms with Crippen molar-refractivity contribution in [1.29, 1.82) is 0 Å². The Bertz CT molecular complexity index is 1520. The molecule has 27 heteroatoms. The molecule has 0 spiro atoms. The summed E-state index contributed by atoms with van der Waals surface area (Å²) in [5.41, 5.74) is 0. The number of hydrogen-bond acceptors (Lipinski definition) is 25. The summed E-state index contributed by atoms with van der Waals surface area (Å²) in [6.45, 7) is 9.53. The van der Waals surface area contributed by atoms with E-state index in [4.69, 9.17) is 33.2 Å². The third-order valence-corrected chi connectivity index (χ3v) is 24.6. The predicted octanol–water partition coefficient (Wildman–Crippen LogP) is 8.42. The van der Waals surface area contributed by atoms with Gasteiger partial charge in [-0.2, -0.15) is 168 Å². The highest BCUT2D eigenvalue weighted by Gasteiger charge is 2.65. The lowest BCUT2D eigenvalue weighted by Crippen LogP contribution is -2.37. The monoisotopic (exact) mass is 1360 g/mol. The van der Waals surface area contributed by atoms with Crippen LogP contribution in [0.3, 0.4) is 0 Å². The van der Waals surface area contributed by atoms with Crippen LogP contribution in [0.4, 0.5) is 0 Å². The molecule has 4 fully saturated rings. The first-order chi connectivity index (χ1) is 38.4. The largest absolute Gasteiger partial charge is 0.380 e. The molecule has 0 saturated carbocycles. The van der Waals surface area contributed by atoms with Crippen molar-refractivity contribution in [2.75, 3.05) is 225 Å². The van der Waals surface area contributed by atoms with E-state index in [0.717, 1.165) is 180 Å². The van der Waals surface area contributed by atoms with Crippen LogP contribution in [0, 0.1) is 17.8 Å². The van der Waals surface area contributed by atoms with Gasteiger partial charge in [0.1, 0.15) is 0 Å². The molecule has 4 amide bonds. The minimum absolute atomic E-state index is 0.000696. The van der Waals surface area contributed by atoms with Crippen molar-refractivity contribution in [1.82, 2.24) is 9.80 Å². The maximum Gasteiger partial charge on any atom is 0.235 e. The van der Waals surface area contributed by atoms with Gasteiger partial charge in [0.25, 0.3) is 0 Å². The van der Waals surface area contributed by atoms with Gasteiger partial charge in [0.2, 0.25) is 23.6 Å². The van der Waals surface area contributed by atoms with Crippen LogP contribution in [-0.2, 0) is 52.3 Å². The van der Waals surface area contributed by atoms with Crippen LogP contribution in [-0.4, -0.2) is 276 Å². The van der Waals surface area contributed by atoms with Gasteiger partial charge >= 0.3 is 0 Å². The van der Waals surface area contributed by atoms with E-state index in [2.05, 4.69) is 50.5 Å². The average molecular weight is 1360 g/mol. The van der Waals surface area contributed by atoms with Crippen molar-refractivity contribution in [3.8, 4) is 0 Å². The van der Waals surface area contributed by atoms with Crippen LogP contribution in [0.1, 0.15) is 25.7 Å². The van der Waals surface area contributed by atoms with E-state index in [1.807, 2.05) is 118 Å². The molecule has 4 saturated heterocycles. The molecule has 0 radical (unpaired) electrons. The highest BCUT2D eigenvalue weighted by molar-refractivity contribution is 8.05. The third-order valence-electron chi connectivity index (χ3n) is 12.0. The van der Waals surface area contributed by atoms with Crippen LogP contribution < -0.4 is 0 Å². The molecule has 13 nitrogen and oxygen atoms in total. The molecule has 0 N–H and O–H groups in total. The summed E-state index contributed by atoms with van der Waals surface area (Å²) < 4.78 is 38.8. The second-order valence-corrected chi connectivity index (χ2v) is 31.8. The number of nitrogens with zero attached hydrogens (tertiary/aromatic N) is 2. The highest BCUT2D eigenvalue weighted by Crippen LogP contribution is 2.52. The number of carbonyl (C=O) groups is 4. The highest BCUT2D eigenvalue weighted by atomic mass is 32.2. The second kappa shape index (κ2) is 53.0. The quantitative estimate of drug-likeness (QED) is 0.0263. The van der Waals surface area contributed by atoms with Crippen molar-refractivity contribution in [3.05, 3.63) is 0 Å². The van der Waals surface area contributed by atoms with Gasteiger partial charge in [-0.3, -0.25) is 29.0 Å². The van der Waals surface area contributed by atoms with Gasteiger partial charge < -0.3 is 33.2 Å². The lowest BCUT2D eigenvalue weighted by molar-refractivity contribution is -0.143. The van der Waals surface area contributed by atoms with Crippen LogP contribution in [0.15, 0.2) is 0 Å². The Kier molecular flexibility index (Phi) is 51.0. The fraction of sp³-hybridized carbons (Fsp3) is 0.922. The normalized spacial score (nSPS) is 20.7. The number of carbonyl (C=O) groups excluding carboxylic acids is 4. The first-order valence-corrected chi connectivity index (χ1v) is 41.4. The first kappa shape index (κ1) is 75.2. The number of fused-ring (bicyclic) bond motifs is 5. The molecular formula is C51H92N2O11S14. The molecule has 4 aliphatic rings. The summed E-state index contributed by atoms with van der Waals surface area (Å²) in [6, 6.07) is 0. The molecule has 2 bridgehead atoms. The van der Waals surface area contributed by atoms with Crippen LogP contribution in [0.5, 0.6) is 0 Å². The van der Waals surface area contributed by atoms with Gasteiger partial charge in [-0.25, -0.2) is 0 Å². The third kappa shape index (κ3) is 34.4. The number of rotatable bonds is 55. The first-order valence-electron chi connectivity index (χ1n) is 27.5. The van der Waals surface area contributed by atoms with Crippen molar-refractivity contribution in [2.24, 2.45) is 17.8 Å². The molecule has 4 heterocycles. The molecule has 4 rings (SSSR count). The van der Waals surface area contributed by atoms with E-state index in [1.165, 1.54) is 21.3 Å². The maximum atomic E-state index is 13.2. The average Bonchev–Trinajstić information content (AvgIpc) is 4.33. The lowest BCUT2D eigenvalue weighted by atomic mass is 9.81. The molecule has 0 aromatic heterocycles. The Balaban J connectivity index is 0.000000413. The van der Waals surface area contributed by atoms with Crippen LogP contribution in [0.25, 0.3) is 0 Å². The van der Waals surface area contributed by atoms with Gasteiger partial charge in [0, 0.05) is 146 Å². The van der Waals surface area contributed by atoms with Gasteiger partial charge in [-0.05, 0) is 30.8 Å². The summed E-state index contributed by atoms with van der Waals surface area (Å²) in [4.78, 5) is 54.3. The zero-order valence-electron chi connectivity index (χ0n) is 45.7. The van der Waals surface area contributed by atoms with Gasteiger partial charge in [-0.1, -0.05) is 0 Å². The van der Waals surface area contributed by atoms with Gasteiger partial charge in [-0.15, -0.1) is 0 Å². The fourth-order valence-corrected chi connectivity index (χ4v) is 19.5. The molecule has 78 heavy (non-hydrogen) atoms. The molecule has 0 aliphatic carbocycles. The van der Waals surface area contributed by atoms with Crippen molar-refractivity contribution < 1.29 is 52.3 Å². The summed E-state index contributed by atoms with van der Waals surface area (Å²) in [5.74, 6) is 22.5. The summed E-state index contributed by atoms with van der Waals surface area (Å²) in [6.07, 6.45) is 2.81. The van der Waals surface area contributed by atoms with Crippen molar-refractivity contribution in [3.63, 3.8) is 0 Å². The van der Waals surface area contributed by atoms with E-state index in [9.17, 15) is 19.2 Å². The number of ether oxygens (including phenoxy) is 7. The number of imide groups is 2. The minimum Gasteiger partial charge on any atom is -0.380 e. The second-order valence-electron chi connectivity index (χ2n) is 17.7. The van der Waals surface area contributed by atoms with E-state index >= 15 is 0 Å². The molecule has 6 unspecified atom stereocenters. The van der Waals surface area contributed by atoms with Gasteiger partial charge in [0.05, 0.1) is 109 Å². The zero-order chi connectivity index (χ0) is 55.9. The smallest absolute Gasteiger partial charge is 0.235 e. The Morgan fingerprint density at radius 1 is 0.410 bits per heavy atom. The number of amides is 4. The Morgan fingerprint density at radius 3 is 1.24 bits per heavy atom. The predicted molar refractivity (Wildman–Crippen MR) is 364 cm³/mol. The van der Waals surface area contributed by atoms with Crippen LogP contribution >= 0.6 is 168 Å². The molecule has 6 atom stereocenters. The standard InChI is InChI=1S/C27H47NO7S6.C24H45NO4S8/c29-26-23-21-20-22(41-19-18-40-15-10-34-6-4-32-8-12-37)25(35-21)24(23)27(30)28(26)2-1-13-38-16-17-39-14-9-33-5-3-31-7-11-36;26-23-20-22(21-37-19-18-36-17-14-34-11-6-29-4-8-31)24(27)25(23)2-1-9-32-12-15-35-16-13-33-10-5-28-3-7-30/h21-25,36-37H,1-20H2;22,30-31H,1-21H2. The number of hydrogen-bond donors (Lipinski definition) is 4. The molecule has 4 aliphatic heterocycles. The molecular weight excluding hydrogens is 1270 g/mol.